The lowest BCUT2D eigenvalue weighted by Gasteiger charge is -2.56. The number of aromatic nitrogens is 4. The van der Waals surface area contributed by atoms with Gasteiger partial charge in [-0.2, -0.15) is 4.68 Å². The van der Waals surface area contributed by atoms with Crippen LogP contribution in [0.25, 0.3) is 16.8 Å². The number of tetrazole rings is 1. The number of carbonyl (C=O) groups excluding carboxylic acids is 1. The average molecular weight is 773 g/mol. The minimum absolute atomic E-state index is 0.0180. The number of aliphatic hydroxyl groups excluding tert-OH is 1. The average Bonchev–Trinajstić information content (AvgIpc) is 3.68. The van der Waals surface area contributed by atoms with Crippen molar-refractivity contribution in [2.45, 2.75) is 87.8 Å². The quantitative estimate of drug-likeness (QED) is 0.0987. The summed E-state index contributed by atoms with van der Waals surface area (Å²) in [5.74, 6) is 3.04. The molecule has 1 aromatic heterocycles. The van der Waals surface area contributed by atoms with E-state index in [0.29, 0.717) is 17.5 Å². The summed E-state index contributed by atoms with van der Waals surface area (Å²) in [6.45, 7) is 2.55. The number of rotatable bonds is 11. The van der Waals surface area contributed by atoms with Crippen LogP contribution in [0.4, 0.5) is 4.79 Å². The Kier molecular flexibility index (Phi) is 10.3. The molecule has 2 amide bonds. The van der Waals surface area contributed by atoms with Crippen LogP contribution in [0.3, 0.4) is 0 Å². The maximum absolute atomic E-state index is 13.3. The van der Waals surface area contributed by atoms with Crippen molar-refractivity contribution < 1.29 is 24.5 Å². The number of thioether (sulfide) groups is 1. The highest BCUT2D eigenvalue weighted by molar-refractivity contribution is 7.99. The van der Waals surface area contributed by atoms with Gasteiger partial charge in [0.2, 0.25) is 5.16 Å². The van der Waals surface area contributed by atoms with Gasteiger partial charge in [-0.1, -0.05) is 91.5 Å². The van der Waals surface area contributed by atoms with Crippen molar-refractivity contribution in [2.75, 3.05) is 5.75 Å². The van der Waals surface area contributed by atoms with E-state index in [0.717, 1.165) is 76.1 Å². The number of amides is 2. The number of aromatic hydroxyl groups is 1. The SMILES string of the molecule is CC1C(CSc2nnnn2-c2ccc(O)cc2)OC(c2ccc(-c3ccccc3CNC(=O)NC34CC5CC(CC(C5)C3)C4)cc2)OC1c1ccc(CO)cc1. The number of ether oxygens (including phenoxy) is 2. The molecule has 0 spiro atoms. The van der Waals surface area contributed by atoms with E-state index in [1.165, 1.54) is 31.0 Å². The van der Waals surface area contributed by atoms with Crippen LogP contribution in [0.15, 0.2) is 102 Å². The minimum Gasteiger partial charge on any atom is -0.508 e. The summed E-state index contributed by atoms with van der Waals surface area (Å²) in [6, 6.07) is 31.1. The predicted octanol–water partition coefficient (Wildman–Crippen LogP) is 7.88. The molecule has 4 unspecified atom stereocenters. The number of nitrogens with zero attached hydrogens (tertiary/aromatic N) is 4. The number of hydrogen-bond acceptors (Lipinski definition) is 9. The van der Waals surface area contributed by atoms with Gasteiger partial charge in [0.15, 0.2) is 6.29 Å². The fourth-order valence-corrected chi connectivity index (χ4v) is 11.0. The molecule has 2 heterocycles. The smallest absolute Gasteiger partial charge is 0.315 e. The maximum atomic E-state index is 13.3. The second kappa shape index (κ2) is 15.7. The lowest BCUT2D eigenvalue weighted by Crippen LogP contribution is -2.61. The molecule has 4 N–H and O–H groups in total. The van der Waals surface area contributed by atoms with E-state index in [2.05, 4.69) is 69.5 Å². The van der Waals surface area contributed by atoms with Crippen LogP contribution in [0.5, 0.6) is 5.75 Å². The number of phenols is 1. The fourth-order valence-electron chi connectivity index (χ4n) is 9.99. The zero-order valence-corrected chi connectivity index (χ0v) is 32.3. The van der Waals surface area contributed by atoms with E-state index in [1.807, 2.05) is 36.4 Å². The van der Waals surface area contributed by atoms with Crippen LogP contribution in [-0.2, 0) is 22.6 Å². The number of benzene rings is 4. The van der Waals surface area contributed by atoms with Crippen LogP contribution >= 0.6 is 11.8 Å². The molecule has 5 fully saturated rings. The molecular formula is C44H48N6O5S. The van der Waals surface area contributed by atoms with Crippen molar-refractivity contribution in [1.82, 2.24) is 30.8 Å². The normalized spacial score (nSPS) is 27.9. The van der Waals surface area contributed by atoms with Gasteiger partial charge < -0.3 is 30.3 Å². The largest absolute Gasteiger partial charge is 0.508 e. The minimum atomic E-state index is -0.633. The number of phenolic OH excluding ortho intramolecular Hbond substituents is 1. The highest BCUT2D eigenvalue weighted by Crippen LogP contribution is 2.55. The Balaban J connectivity index is 0.903. The molecule has 4 aromatic carbocycles. The third-order valence-electron chi connectivity index (χ3n) is 12.4. The fraction of sp³-hybridized carbons (Fsp3) is 0.409. The van der Waals surface area contributed by atoms with Gasteiger partial charge in [-0.25, -0.2) is 4.79 Å². The summed E-state index contributed by atoms with van der Waals surface area (Å²) in [5, 5.41) is 39.1. The zero-order chi connectivity index (χ0) is 38.2. The topological polar surface area (TPSA) is 144 Å². The molecule has 5 aliphatic rings. The van der Waals surface area contributed by atoms with Crippen LogP contribution in [0.1, 0.15) is 80.1 Å². The third-order valence-corrected chi connectivity index (χ3v) is 13.4. The predicted molar refractivity (Wildman–Crippen MR) is 213 cm³/mol. The molecule has 4 atom stereocenters. The Labute approximate surface area is 331 Å². The molecule has 4 aliphatic carbocycles. The molecule has 4 saturated carbocycles. The first kappa shape index (κ1) is 36.9. The summed E-state index contributed by atoms with van der Waals surface area (Å²) >= 11 is 1.50. The van der Waals surface area contributed by atoms with E-state index in [4.69, 9.17) is 9.47 Å². The van der Waals surface area contributed by atoms with Crippen molar-refractivity contribution in [3.05, 3.63) is 119 Å². The van der Waals surface area contributed by atoms with Crippen LogP contribution in [0, 0.1) is 23.7 Å². The lowest BCUT2D eigenvalue weighted by molar-refractivity contribution is -0.268. The summed E-state index contributed by atoms with van der Waals surface area (Å²) in [6.07, 6.45) is 6.29. The number of aliphatic hydroxyl groups is 1. The van der Waals surface area contributed by atoms with E-state index in [-0.39, 0.29) is 42.1 Å². The Bertz CT molecular complexity index is 2110. The molecule has 56 heavy (non-hydrogen) atoms. The highest BCUT2D eigenvalue weighted by atomic mass is 32.2. The molecule has 290 valence electrons. The molecule has 11 nitrogen and oxygen atoms in total. The first-order valence-corrected chi connectivity index (χ1v) is 20.8. The molecule has 12 heteroatoms. The van der Waals surface area contributed by atoms with Gasteiger partial charge in [-0.3, -0.25) is 0 Å². The molecule has 0 radical (unpaired) electrons. The van der Waals surface area contributed by atoms with Gasteiger partial charge in [0.25, 0.3) is 0 Å². The van der Waals surface area contributed by atoms with Crippen molar-refractivity contribution in [3.8, 4) is 22.6 Å². The second-order valence-corrected chi connectivity index (χ2v) is 17.3. The highest BCUT2D eigenvalue weighted by Gasteiger charge is 2.51. The first-order valence-electron chi connectivity index (χ1n) is 19.8. The summed E-state index contributed by atoms with van der Waals surface area (Å²) in [4.78, 5) is 13.3. The lowest BCUT2D eigenvalue weighted by atomic mass is 9.53. The monoisotopic (exact) mass is 772 g/mol. The van der Waals surface area contributed by atoms with Crippen LogP contribution in [0.2, 0.25) is 0 Å². The number of carbonyl (C=O) groups is 1. The molecule has 1 aliphatic heterocycles. The van der Waals surface area contributed by atoms with Crippen molar-refractivity contribution >= 4 is 17.8 Å². The van der Waals surface area contributed by atoms with Crippen molar-refractivity contribution in [2.24, 2.45) is 23.7 Å². The summed E-state index contributed by atoms with van der Waals surface area (Å²) < 4.78 is 15.1. The number of urea groups is 1. The Morgan fingerprint density at radius 2 is 1.55 bits per heavy atom. The Hall–Kier alpha value is -4.75. The van der Waals surface area contributed by atoms with Gasteiger partial charge in [-0.05, 0) is 119 Å². The standard InChI is InChI=1S/C44H48N6O5S/c1-27-39(26-56-43-47-48-49-50(43)36-14-16-37(52)17-15-36)54-41(55-40(27)33-8-6-28(25-51)7-9-33)34-12-10-32(11-13-34)38-5-3-2-4-35(38)24-45-42(53)46-44-21-29-18-30(22-44)20-31(19-29)23-44/h2-17,27,29-31,39-41,51-52H,18-26H2,1H3,(H2,45,46,53). The second-order valence-electron chi connectivity index (χ2n) is 16.3. The Morgan fingerprint density at radius 3 is 2.25 bits per heavy atom. The maximum Gasteiger partial charge on any atom is 0.315 e. The van der Waals surface area contributed by atoms with E-state index in [9.17, 15) is 15.0 Å². The van der Waals surface area contributed by atoms with E-state index < -0.39 is 6.29 Å². The van der Waals surface area contributed by atoms with Crippen LogP contribution in [-0.4, -0.2) is 53.8 Å². The van der Waals surface area contributed by atoms with Crippen molar-refractivity contribution in [3.63, 3.8) is 0 Å². The third kappa shape index (κ3) is 7.67. The van der Waals surface area contributed by atoms with E-state index >= 15 is 0 Å². The van der Waals surface area contributed by atoms with Crippen LogP contribution < -0.4 is 10.6 Å². The molecule has 4 bridgehead atoms. The molecule has 1 saturated heterocycles. The summed E-state index contributed by atoms with van der Waals surface area (Å²) in [7, 11) is 0. The number of nitrogens with one attached hydrogen (secondary N) is 2. The molecule has 5 aromatic rings. The van der Waals surface area contributed by atoms with E-state index in [1.54, 1.807) is 28.9 Å². The first-order chi connectivity index (χ1) is 27.3. The zero-order valence-electron chi connectivity index (χ0n) is 31.5. The van der Waals surface area contributed by atoms with Gasteiger partial charge in [-0.15, -0.1) is 5.10 Å². The summed E-state index contributed by atoms with van der Waals surface area (Å²) in [5.41, 5.74) is 6.63. The van der Waals surface area contributed by atoms with Gasteiger partial charge in [0, 0.05) is 29.3 Å². The van der Waals surface area contributed by atoms with Gasteiger partial charge >= 0.3 is 6.03 Å². The molecular weight excluding hydrogens is 725 g/mol. The molecule has 10 rings (SSSR count). The number of hydrogen-bond donors (Lipinski definition) is 4. The Morgan fingerprint density at radius 1 is 0.875 bits per heavy atom. The van der Waals surface area contributed by atoms with Crippen molar-refractivity contribution in [1.29, 1.82) is 0 Å². The van der Waals surface area contributed by atoms with Gasteiger partial charge in [0.1, 0.15) is 5.75 Å². The van der Waals surface area contributed by atoms with Gasteiger partial charge in [0.05, 0.1) is 24.5 Å².